The number of aromatic nitrogens is 3. The number of halogens is 1. The third-order valence-electron chi connectivity index (χ3n) is 6.22. The van der Waals surface area contributed by atoms with Crippen molar-refractivity contribution in [3.63, 3.8) is 0 Å². The number of H-pyrrole nitrogens is 1. The fourth-order valence-corrected chi connectivity index (χ4v) is 5.59. The number of aromatic amines is 1. The van der Waals surface area contributed by atoms with Crippen LogP contribution in [-0.4, -0.2) is 39.1 Å². The van der Waals surface area contributed by atoms with Gasteiger partial charge in [-0.3, -0.25) is 4.79 Å². The van der Waals surface area contributed by atoms with Gasteiger partial charge in [-0.2, -0.15) is 0 Å². The van der Waals surface area contributed by atoms with Crippen LogP contribution in [0.2, 0.25) is 0 Å². The lowest BCUT2D eigenvalue weighted by Crippen LogP contribution is -2.63. The van der Waals surface area contributed by atoms with Gasteiger partial charge in [0.2, 0.25) is 0 Å². The van der Waals surface area contributed by atoms with E-state index in [1.54, 1.807) is 6.20 Å². The molecule has 126 valence electrons. The van der Waals surface area contributed by atoms with Crippen LogP contribution in [0.1, 0.15) is 42.6 Å². The number of fused-ring (bicyclic) bond motifs is 1. The molecule has 1 amide bonds. The molecule has 2 aromatic heterocycles. The summed E-state index contributed by atoms with van der Waals surface area (Å²) in [7, 11) is 0. The van der Waals surface area contributed by atoms with E-state index >= 15 is 0 Å². The molecule has 0 radical (unpaired) electrons. The highest BCUT2D eigenvalue weighted by atomic mass is 79.9. The molecule has 0 bridgehead atoms. The summed E-state index contributed by atoms with van der Waals surface area (Å²) in [6, 6.07) is 0.184. The van der Waals surface area contributed by atoms with Crippen LogP contribution in [0.15, 0.2) is 17.0 Å². The number of nitrogens with zero attached hydrogens (tertiary/aromatic N) is 2. The van der Waals surface area contributed by atoms with E-state index in [1.165, 1.54) is 19.2 Å². The highest BCUT2D eigenvalue weighted by Crippen LogP contribution is 2.59. The van der Waals surface area contributed by atoms with Crippen molar-refractivity contribution in [3.8, 4) is 0 Å². The van der Waals surface area contributed by atoms with Crippen molar-refractivity contribution in [2.24, 2.45) is 11.8 Å². The zero-order valence-corrected chi connectivity index (χ0v) is 14.8. The Morgan fingerprint density at radius 1 is 1.42 bits per heavy atom. The van der Waals surface area contributed by atoms with Crippen LogP contribution in [-0.2, 0) is 4.74 Å². The Hall–Kier alpha value is -1.47. The normalized spacial score (nSPS) is 34.5. The second kappa shape index (κ2) is 5.26. The fourth-order valence-electron chi connectivity index (χ4n) is 5.10. The number of nitrogens with one attached hydrogen (secondary N) is 2. The van der Waals surface area contributed by atoms with Crippen LogP contribution >= 0.6 is 15.9 Å². The minimum absolute atomic E-state index is 0.0475. The molecule has 4 atom stereocenters. The van der Waals surface area contributed by atoms with Crippen LogP contribution in [0.5, 0.6) is 0 Å². The number of amides is 1. The van der Waals surface area contributed by atoms with E-state index in [4.69, 9.17) is 4.74 Å². The fraction of sp³-hybridized carbons (Fsp3) is 0.588. The molecule has 3 heterocycles. The van der Waals surface area contributed by atoms with Gasteiger partial charge in [-0.1, -0.05) is 0 Å². The summed E-state index contributed by atoms with van der Waals surface area (Å²) in [6.45, 7) is 0.880. The molecule has 3 aliphatic rings. The standard InChI is InChI=1S/C17H19BrN4O2/c18-11-7-19-15-13(11)14(20-8-21-15)16(23)22-12-2-1-4-17-9(3-5-24-17)6-10(12)17/h7-10,12H,1-6H2,(H,22,23)(H,19,20,21). The van der Waals surface area contributed by atoms with Gasteiger partial charge in [-0.15, -0.1) is 0 Å². The lowest BCUT2D eigenvalue weighted by molar-refractivity contribution is -0.166. The number of ether oxygens (including phenoxy) is 1. The summed E-state index contributed by atoms with van der Waals surface area (Å²) in [5.41, 5.74) is 1.15. The first-order valence-electron chi connectivity index (χ1n) is 8.61. The van der Waals surface area contributed by atoms with Gasteiger partial charge in [0.05, 0.1) is 11.0 Å². The van der Waals surface area contributed by atoms with Crippen molar-refractivity contribution in [2.75, 3.05) is 6.61 Å². The van der Waals surface area contributed by atoms with Crippen molar-refractivity contribution in [1.29, 1.82) is 0 Å². The molecule has 24 heavy (non-hydrogen) atoms. The van der Waals surface area contributed by atoms with Gasteiger partial charge in [0.1, 0.15) is 17.7 Å². The number of carbonyl (C=O) groups is 1. The Labute approximate surface area is 147 Å². The van der Waals surface area contributed by atoms with Gasteiger partial charge in [0, 0.05) is 29.2 Å². The van der Waals surface area contributed by atoms with E-state index < -0.39 is 0 Å². The van der Waals surface area contributed by atoms with Crippen molar-refractivity contribution >= 4 is 32.9 Å². The zero-order valence-electron chi connectivity index (χ0n) is 13.2. The summed E-state index contributed by atoms with van der Waals surface area (Å²) in [5.74, 6) is 1.03. The quantitative estimate of drug-likeness (QED) is 0.825. The lowest BCUT2D eigenvalue weighted by atomic mass is 9.53. The van der Waals surface area contributed by atoms with E-state index in [-0.39, 0.29) is 17.6 Å². The Kier molecular flexibility index (Phi) is 3.25. The lowest BCUT2D eigenvalue weighted by Gasteiger charge is -2.57. The molecule has 5 rings (SSSR count). The second-order valence-corrected chi connectivity index (χ2v) is 8.04. The maximum absolute atomic E-state index is 12.9. The second-order valence-electron chi connectivity index (χ2n) is 7.19. The van der Waals surface area contributed by atoms with E-state index in [1.807, 2.05) is 0 Å². The summed E-state index contributed by atoms with van der Waals surface area (Å²) in [4.78, 5) is 24.3. The van der Waals surface area contributed by atoms with Gasteiger partial charge in [-0.25, -0.2) is 9.97 Å². The average Bonchev–Trinajstić information content (AvgIpc) is 3.07. The molecule has 2 saturated carbocycles. The predicted molar refractivity (Wildman–Crippen MR) is 91.6 cm³/mol. The maximum atomic E-state index is 12.9. The predicted octanol–water partition coefficient (Wildman–Crippen LogP) is 2.80. The van der Waals surface area contributed by atoms with Crippen LogP contribution in [0.25, 0.3) is 11.0 Å². The first kappa shape index (κ1) is 14.8. The van der Waals surface area contributed by atoms with Crippen molar-refractivity contribution in [2.45, 2.75) is 43.7 Å². The minimum atomic E-state index is -0.119. The number of carbonyl (C=O) groups excluding carboxylic acids is 1. The van der Waals surface area contributed by atoms with Gasteiger partial charge in [-0.05, 0) is 54.0 Å². The van der Waals surface area contributed by atoms with Crippen molar-refractivity contribution < 1.29 is 9.53 Å². The van der Waals surface area contributed by atoms with E-state index in [0.717, 1.165) is 35.7 Å². The molecule has 7 heteroatoms. The van der Waals surface area contributed by atoms with Crippen LogP contribution < -0.4 is 5.32 Å². The highest BCUT2D eigenvalue weighted by Gasteiger charge is 2.62. The number of hydrogen-bond donors (Lipinski definition) is 2. The molecule has 2 aliphatic carbocycles. The third kappa shape index (κ3) is 1.94. The molecule has 1 aliphatic heterocycles. The van der Waals surface area contributed by atoms with Gasteiger partial charge < -0.3 is 15.0 Å². The Bertz CT molecular complexity index is 822. The Morgan fingerprint density at radius 3 is 3.21 bits per heavy atom. The molecule has 2 aromatic rings. The maximum Gasteiger partial charge on any atom is 0.270 e. The van der Waals surface area contributed by atoms with Gasteiger partial charge >= 0.3 is 0 Å². The molecular weight excluding hydrogens is 372 g/mol. The first-order valence-corrected chi connectivity index (χ1v) is 9.41. The van der Waals surface area contributed by atoms with E-state index in [0.29, 0.717) is 23.2 Å². The Morgan fingerprint density at radius 2 is 2.33 bits per heavy atom. The van der Waals surface area contributed by atoms with Crippen LogP contribution in [0.3, 0.4) is 0 Å². The molecule has 3 fully saturated rings. The molecular formula is C17H19BrN4O2. The smallest absolute Gasteiger partial charge is 0.270 e. The minimum Gasteiger partial charge on any atom is -0.374 e. The van der Waals surface area contributed by atoms with Crippen molar-refractivity contribution in [1.82, 2.24) is 20.3 Å². The highest BCUT2D eigenvalue weighted by molar-refractivity contribution is 9.10. The van der Waals surface area contributed by atoms with Gasteiger partial charge in [0.15, 0.2) is 0 Å². The molecule has 1 spiro atoms. The van der Waals surface area contributed by atoms with Crippen LogP contribution in [0, 0.1) is 11.8 Å². The largest absolute Gasteiger partial charge is 0.374 e. The summed E-state index contributed by atoms with van der Waals surface area (Å²) in [6.07, 6.45) is 8.87. The SMILES string of the molecule is O=C(NC1CCCC23OCCC2CC13)c1ncnc2[nH]cc(Br)c12. The van der Waals surface area contributed by atoms with E-state index in [2.05, 4.69) is 36.2 Å². The topological polar surface area (TPSA) is 79.9 Å². The van der Waals surface area contributed by atoms with Crippen molar-refractivity contribution in [3.05, 3.63) is 22.7 Å². The molecule has 1 saturated heterocycles. The number of rotatable bonds is 2. The molecule has 6 nitrogen and oxygen atoms in total. The molecule has 2 N–H and O–H groups in total. The first-order chi connectivity index (χ1) is 11.7. The zero-order chi connectivity index (χ0) is 16.3. The average molecular weight is 391 g/mol. The summed E-state index contributed by atoms with van der Waals surface area (Å²) >= 11 is 3.47. The molecule has 4 unspecified atom stereocenters. The van der Waals surface area contributed by atoms with Crippen LogP contribution in [0.4, 0.5) is 0 Å². The number of hydrogen-bond acceptors (Lipinski definition) is 4. The Balaban J connectivity index is 1.41. The molecule has 0 aromatic carbocycles. The summed E-state index contributed by atoms with van der Waals surface area (Å²) < 4.78 is 6.96. The van der Waals surface area contributed by atoms with Gasteiger partial charge in [0.25, 0.3) is 5.91 Å². The third-order valence-corrected chi connectivity index (χ3v) is 6.84. The summed E-state index contributed by atoms with van der Waals surface area (Å²) in [5, 5.41) is 3.98. The van der Waals surface area contributed by atoms with E-state index in [9.17, 15) is 4.79 Å². The monoisotopic (exact) mass is 390 g/mol.